The highest BCUT2D eigenvalue weighted by molar-refractivity contribution is 5.29. The predicted octanol–water partition coefficient (Wildman–Crippen LogP) is 3.16. The van der Waals surface area contributed by atoms with Gasteiger partial charge >= 0.3 is 0 Å². The van der Waals surface area contributed by atoms with Crippen molar-refractivity contribution >= 4 is 0 Å². The van der Waals surface area contributed by atoms with Crippen LogP contribution in [0.15, 0.2) is 18.2 Å². The van der Waals surface area contributed by atoms with Crippen molar-refractivity contribution in [1.82, 2.24) is 5.32 Å². The van der Waals surface area contributed by atoms with Crippen LogP contribution in [-0.2, 0) is 6.42 Å². The fraction of sp³-hybridized carbons (Fsp3) is 0.600. The van der Waals surface area contributed by atoms with Gasteiger partial charge in [0.15, 0.2) is 11.6 Å². The van der Waals surface area contributed by atoms with Crippen molar-refractivity contribution in [3.63, 3.8) is 0 Å². The molecular formula is C15H22FNO. The lowest BCUT2D eigenvalue weighted by Crippen LogP contribution is -2.31. The second-order valence-electron chi connectivity index (χ2n) is 5.01. The van der Waals surface area contributed by atoms with Crippen LogP contribution in [0, 0.1) is 11.7 Å². The lowest BCUT2D eigenvalue weighted by molar-refractivity contribution is 0.385. The molecule has 0 aliphatic heterocycles. The summed E-state index contributed by atoms with van der Waals surface area (Å²) < 4.78 is 18.5. The number of methoxy groups -OCH3 is 1. The van der Waals surface area contributed by atoms with Gasteiger partial charge in [-0.25, -0.2) is 4.39 Å². The van der Waals surface area contributed by atoms with Crippen molar-refractivity contribution in [3.05, 3.63) is 29.6 Å². The zero-order valence-corrected chi connectivity index (χ0v) is 11.2. The molecule has 100 valence electrons. The Hall–Kier alpha value is -1.09. The summed E-state index contributed by atoms with van der Waals surface area (Å²) in [5.74, 6) is 0.902. The molecule has 1 aromatic rings. The minimum Gasteiger partial charge on any atom is -0.494 e. The summed E-state index contributed by atoms with van der Waals surface area (Å²) in [5, 5.41) is 3.53. The van der Waals surface area contributed by atoms with E-state index in [9.17, 15) is 4.39 Å². The second kappa shape index (κ2) is 6.19. The Morgan fingerprint density at radius 2 is 2.22 bits per heavy atom. The normalized spacial score (nSPS) is 16.6. The van der Waals surface area contributed by atoms with Crippen LogP contribution in [0.4, 0.5) is 4.39 Å². The molecule has 1 atom stereocenters. The van der Waals surface area contributed by atoms with Gasteiger partial charge < -0.3 is 10.1 Å². The van der Waals surface area contributed by atoms with Crippen LogP contribution in [0.5, 0.6) is 5.75 Å². The van der Waals surface area contributed by atoms with Gasteiger partial charge in [0.25, 0.3) is 0 Å². The Morgan fingerprint density at radius 3 is 2.78 bits per heavy atom. The van der Waals surface area contributed by atoms with E-state index in [4.69, 9.17) is 4.74 Å². The number of hydrogen-bond acceptors (Lipinski definition) is 2. The van der Waals surface area contributed by atoms with E-state index in [1.807, 2.05) is 6.07 Å². The van der Waals surface area contributed by atoms with Crippen LogP contribution in [-0.4, -0.2) is 19.7 Å². The number of rotatable bonds is 7. The predicted molar refractivity (Wildman–Crippen MR) is 71.5 cm³/mol. The Balaban J connectivity index is 1.90. The third-order valence-corrected chi connectivity index (χ3v) is 3.62. The molecule has 1 saturated carbocycles. The van der Waals surface area contributed by atoms with Crippen molar-refractivity contribution in [2.24, 2.45) is 5.92 Å². The van der Waals surface area contributed by atoms with E-state index in [1.165, 1.54) is 20.0 Å². The summed E-state index contributed by atoms with van der Waals surface area (Å²) in [6.07, 6.45) is 4.70. The van der Waals surface area contributed by atoms with Crippen LogP contribution in [0.1, 0.15) is 31.7 Å². The van der Waals surface area contributed by atoms with Crippen LogP contribution in [0.2, 0.25) is 0 Å². The highest BCUT2D eigenvalue weighted by atomic mass is 19.1. The molecule has 3 heteroatoms. The molecule has 0 amide bonds. The van der Waals surface area contributed by atoms with E-state index in [0.717, 1.165) is 30.9 Å². The minimum absolute atomic E-state index is 0.263. The molecule has 1 unspecified atom stereocenters. The first-order valence-corrected chi connectivity index (χ1v) is 6.80. The molecule has 2 rings (SSSR count). The molecule has 2 nitrogen and oxygen atoms in total. The first-order valence-electron chi connectivity index (χ1n) is 6.80. The lowest BCUT2D eigenvalue weighted by atomic mass is 10.0. The molecular weight excluding hydrogens is 229 g/mol. The van der Waals surface area contributed by atoms with Gasteiger partial charge in [-0.2, -0.15) is 0 Å². The number of hydrogen-bond donors (Lipinski definition) is 1. The molecule has 0 bridgehead atoms. The number of nitrogens with one attached hydrogen (secondary N) is 1. The standard InChI is InChI=1S/C15H22FNO/c1-3-17-14(12-6-7-12)8-4-11-5-9-15(18-2)13(16)10-11/h5,9-10,12,14,17H,3-4,6-8H2,1-2H3. The van der Waals surface area contributed by atoms with Gasteiger partial charge in [0, 0.05) is 6.04 Å². The minimum atomic E-state index is -0.263. The third-order valence-electron chi connectivity index (χ3n) is 3.62. The van der Waals surface area contributed by atoms with Crippen molar-refractivity contribution in [2.45, 2.75) is 38.6 Å². The summed E-state index contributed by atoms with van der Waals surface area (Å²) in [4.78, 5) is 0. The number of aryl methyl sites for hydroxylation is 1. The maximum absolute atomic E-state index is 13.6. The fourth-order valence-electron chi connectivity index (χ4n) is 2.45. The summed E-state index contributed by atoms with van der Waals surface area (Å²) in [6, 6.07) is 5.86. The van der Waals surface area contributed by atoms with Crippen LogP contribution >= 0.6 is 0 Å². The van der Waals surface area contributed by atoms with Crippen LogP contribution < -0.4 is 10.1 Å². The van der Waals surface area contributed by atoms with Crippen molar-refractivity contribution < 1.29 is 9.13 Å². The first-order chi connectivity index (χ1) is 8.74. The number of benzene rings is 1. The summed E-state index contributed by atoms with van der Waals surface area (Å²) >= 11 is 0. The quantitative estimate of drug-likeness (QED) is 0.803. The zero-order chi connectivity index (χ0) is 13.0. The highest BCUT2D eigenvalue weighted by Gasteiger charge is 2.30. The van der Waals surface area contributed by atoms with Gasteiger partial charge in [-0.1, -0.05) is 13.0 Å². The molecule has 0 aromatic heterocycles. The average Bonchev–Trinajstić information content (AvgIpc) is 3.19. The molecule has 0 radical (unpaired) electrons. The first kappa shape index (κ1) is 13.3. The average molecular weight is 251 g/mol. The summed E-state index contributed by atoms with van der Waals surface area (Å²) in [7, 11) is 1.49. The number of halogens is 1. The van der Waals surface area contributed by atoms with Crippen LogP contribution in [0.3, 0.4) is 0 Å². The zero-order valence-electron chi connectivity index (χ0n) is 11.2. The van der Waals surface area contributed by atoms with Crippen molar-refractivity contribution in [2.75, 3.05) is 13.7 Å². The highest BCUT2D eigenvalue weighted by Crippen LogP contribution is 2.34. The molecule has 1 N–H and O–H groups in total. The number of ether oxygens (including phenoxy) is 1. The molecule has 0 spiro atoms. The Kier molecular flexibility index (Phi) is 4.59. The van der Waals surface area contributed by atoms with Gasteiger partial charge in [-0.3, -0.25) is 0 Å². The smallest absolute Gasteiger partial charge is 0.165 e. The van der Waals surface area contributed by atoms with E-state index >= 15 is 0 Å². The maximum Gasteiger partial charge on any atom is 0.165 e. The van der Waals surface area contributed by atoms with E-state index in [-0.39, 0.29) is 5.82 Å². The molecule has 1 fully saturated rings. The molecule has 0 saturated heterocycles. The van der Waals surface area contributed by atoms with Gasteiger partial charge in [0.05, 0.1) is 7.11 Å². The van der Waals surface area contributed by atoms with Crippen molar-refractivity contribution in [1.29, 1.82) is 0 Å². The van der Waals surface area contributed by atoms with E-state index < -0.39 is 0 Å². The van der Waals surface area contributed by atoms with Gasteiger partial charge in [-0.15, -0.1) is 0 Å². The maximum atomic E-state index is 13.6. The molecule has 1 aliphatic carbocycles. The van der Waals surface area contributed by atoms with Gasteiger partial charge in [0.2, 0.25) is 0 Å². The van der Waals surface area contributed by atoms with E-state index in [2.05, 4.69) is 12.2 Å². The third kappa shape index (κ3) is 3.45. The molecule has 1 aliphatic rings. The Bertz CT molecular complexity index is 390. The van der Waals surface area contributed by atoms with E-state index in [0.29, 0.717) is 11.8 Å². The van der Waals surface area contributed by atoms with Crippen molar-refractivity contribution in [3.8, 4) is 5.75 Å². The Morgan fingerprint density at radius 1 is 1.44 bits per heavy atom. The van der Waals surface area contributed by atoms with Gasteiger partial charge in [0.1, 0.15) is 0 Å². The summed E-state index contributed by atoms with van der Waals surface area (Å²) in [5.41, 5.74) is 1.05. The fourth-order valence-corrected chi connectivity index (χ4v) is 2.45. The monoisotopic (exact) mass is 251 g/mol. The SMILES string of the molecule is CCNC(CCc1ccc(OC)c(F)c1)C1CC1. The molecule has 18 heavy (non-hydrogen) atoms. The van der Waals surface area contributed by atoms with Gasteiger partial charge in [-0.05, 0) is 55.8 Å². The molecule has 0 heterocycles. The van der Waals surface area contributed by atoms with Crippen LogP contribution in [0.25, 0.3) is 0 Å². The van der Waals surface area contributed by atoms with E-state index in [1.54, 1.807) is 12.1 Å². The largest absolute Gasteiger partial charge is 0.494 e. The lowest BCUT2D eigenvalue weighted by Gasteiger charge is -2.17. The Labute approximate surface area is 109 Å². The second-order valence-corrected chi connectivity index (χ2v) is 5.01. The molecule has 1 aromatic carbocycles. The summed E-state index contributed by atoms with van der Waals surface area (Å²) in [6.45, 7) is 3.15. The topological polar surface area (TPSA) is 21.3 Å².